The molecule has 8 heteroatoms. The first-order valence-electron chi connectivity index (χ1n) is 10.4. The lowest BCUT2D eigenvalue weighted by Crippen LogP contribution is -2.30. The molecule has 29 heavy (non-hydrogen) atoms. The number of hydrogen-bond acceptors (Lipinski definition) is 2. The number of halogens is 5. The Morgan fingerprint density at radius 3 is 1.79 bits per heavy atom. The van der Waals surface area contributed by atoms with E-state index in [9.17, 15) is 24.2 Å². The van der Waals surface area contributed by atoms with Crippen molar-refractivity contribution in [1.29, 1.82) is 0 Å². The normalized spacial score (nSPS) is 30.8. The maximum Gasteiger partial charge on any atom is 0.314 e. The van der Waals surface area contributed by atoms with Crippen LogP contribution in [0.1, 0.15) is 64.7 Å². The molecule has 0 N–H and O–H groups in total. The Morgan fingerprint density at radius 1 is 0.862 bits per heavy atom. The van der Waals surface area contributed by atoms with Gasteiger partial charge in [-0.3, -0.25) is 4.79 Å². The van der Waals surface area contributed by atoms with Crippen molar-refractivity contribution < 1.29 is 29.0 Å². The van der Waals surface area contributed by atoms with Gasteiger partial charge in [0.1, 0.15) is 10.6 Å². The average Bonchev–Trinajstić information content (AvgIpc) is 2.67. The maximum absolute atomic E-state index is 12.8. The SMILES string of the molecule is CCC1CCC(C2CCC(C(=O)Oc3ccc(S(F)(F)(F)(F)F)cc3)CC2)CC1. The van der Waals surface area contributed by atoms with Crippen molar-refractivity contribution in [1.82, 2.24) is 0 Å². The molecule has 2 fully saturated rings. The van der Waals surface area contributed by atoms with Gasteiger partial charge in [0.2, 0.25) is 0 Å². The zero-order valence-corrected chi connectivity index (χ0v) is 17.4. The third-order valence-electron chi connectivity index (χ3n) is 6.73. The number of carbonyl (C=O) groups is 1. The van der Waals surface area contributed by atoms with Gasteiger partial charge in [0.05, 0.1) is 5.92 Å². The minimum Gasteiger partial charge on any atom is -0.426 e. The molecule has 2 saturated carbocycles. The van der Waals surface area contributed by atoms with Gasteiger partial charge < -0.3 is 4.74 Å². The quantitative estimate of drug-likeness (QED) is 0.262. The summed E-state index contributed by atoms with van der Waals surface area (Å²) in [7, 11) is -9.71. The van der Waals surface area contributed by atoms with Crippen LogP contribution in [-0.2, 0) is 4.79 Å². The van der Waals surface area contributed by atoms with Gasteiger partial charge in [-0.05, 0) is 80.5 Å². The van der Waals surface area contributed by atoms with Gasteiger partial charge in [-0.25, -0.2) is 0 Å². The molecule has 1 aromatic rings. The summed E-state index contributed by atoms with van der Waals surface area (Å²) in [4.78, 5) is 10.4. The van der Waals surface area contributed by atoms with Crippen LogP contribution in [0.5, 0.6) is 5.75 Å². The molecule has 2 nitrogen and oxygen atoms in total. The van der Waals surface area contributed by atoms with Crippen molar-refractivity contribution in [3.05, 3.63) is 24.3 Å². The molecule has 0 amide bonds. The smallest absolute Gasteiger partial charge is 0.314 e. The van der Waals surface area contributed by atoms with E-state index in [1.165, 1.54) is 32.1 Å². The highest BCUT2D eigenvalue weighted by atomic mass is 32.5. The number of hydrogen-bond donors (Lipinski definition) is 0. The molecule has 0 spiro atoms. The molecule has 2 aliphatic rings. The molecule has 2 aliphatic carbocycles. The highest BCUT2D eigenvalue weighted by Crippen LogP contribution is 3.02. The summed E-state index contributed by atoms with van der Waals surface area (Å²) in [6.07, 6.45) is 9.69. The van der Waals surface area contributed by atoms with Gasteiger partial charge in [-0.15, -0.1) is 0 Å². The van der Waals surface area contributed by atoms with Crippen LogP contribution in [0, 0.1) is 23.7 Å². The fourth-order valence-electron chi connectivity index (χ4n) is 4.86. The van der Waals surface area contributed by atoms with E-state index < -0.39 is 21.1 Å². The summed E-state index contributed by atoms with van der Waals surface area (Å²) >= 11 is 0. The van der Waals surface area contributed by atoms with Crippen molar-refractivity contribution in [2.45, 2.75) is 69.6 Å². The summed E-state index contributed by atoms with van der Waals surface area (Å²) in [6, 6.07) is 2.10. The molecule has 0 radical (unpaired) electrons. The Labute approximate surface area is 168 Å². The summed E-state index contributed by atoms with van der Waals surface area (Å²) in [5, 5.41) is 0. The fourth-order valence-corrected chi connectivity index (χ4v) is 5.51. The largest absolute Gasteiger partial charge is 0.426 e. The number of rotatable bonds is 5. The van der Waals surface area contributed by atoms with Crippen molar-refractivity contribution in [2.75, 3.05) is 0 Å². The molecule has 0 unspecified atom stereocenters. The Hall–Kier alpha value is -1.31. The topological polar surface area (TPSA) is 26.3 Å². The number of esters is 1. The lowest BCUT2D eigenvalue weighted by atomic mass is 9.69. The van der Waals surface area contributed by atoms with Gasteiger partial charge in [0.15, 0.2) is 0 Å². The predicted molar refractivity (Wildman–Crippen MR) is 105 cm³/mol. The third-order valence-corrected chi connectivity index (χ3v) is 7.89. The molecule has 0 atom stereocenters. The molecule has 0 heterocycles. The van der Waals surface area contributed by atoms with Crippen molar-refractivity contribution in [2.24, 2.45) is 23.7 Å². The van der Waals surface area contributed by atoms with Gasteiger partial charge in [-0.2, -0.15) is 0 Å². The lowest BCUT2D eigenvalue weighted by molar-refractivity contribution is -0.140. The molecule has 0 bridgehead atoms. The van der Waals surface area contributed by atoms with Crippen LogP contribution in [0.4, 0.5) is 19.4 Å². The molecule has 0 aromatic heterocycles. The van der Waals surface area contributed by atoms with Gasteiger partial charge >= 0.3 is 16.2 Å². The van der Waals surface area contributed by atoms with Crippen LogP contribution in [0.25, 0.3) is 0 Å². The van der Waals surface area contributed by atoms with Crippen LogP contribution in [0.15, 0.2) is 29.2 Å². The van der Waals surface area contributed by atoms with Crippen LogP contribution in [0.2, 0.25) is 0 Å². The summed E-state index contributed by atoms with van der Waals surface area (Å²) in [6.45, 7) is 2.24. The maximum atomic E-state index is 12.8. The lowest BCUT2D eigenvalue weighted by Gasteiger charge is -2.40. The second-order valence-corrected chi connectivity index (χ2v) is 11.1. The highest BCUT2D eigenvalue weighted by Gasteiger charge is 2.65. The van der Waals surface area contributed by atoms with Crippen LogP contribution in [0.3, 0.4) is 0 Å². The fraction of sp³-hybridized carbons (Fsp3) is 0.667. The molecule has 0 saturated heterocycles. The van der Waals surface area contributed by atoms with Gasteiger partial charge in [0, 0.05) is 0 Å². The van der Waals surface area contributed by atoms with Crippen LogP contribution < -0.4 is 4.74 Å². The Morgan fingerprint density at radius 2 is 1.34 bits per heavy atom. The molecule has 0 aliphatic heterocycles. The second-order valence-electron chi connectivity index (χ2n) is 8.66. The third kappa shape index (κ3) is 5.86. The summed E-state index contributed by atoms with van der Waals surface area (Å²) < 4.78 is 68.9. The van der Waals surface area contributed by atoms with Crippen LogP contribution in [-0.4, -0.2) is 5.97 Å². The minimum absolute atomic E-state index is 0.138. The monoisotopic (exact) mass is 440 g/mol. The zero-order chi connectivity index (χ0) is 21.3. The molecule has 166 valence electrons. The second kappa shape index (κ2) is 7.43. The highest BCUT2D eigenvalue weighted by molar-refractivity contribution is 8.45. The van der Waals surface area contributed by atoms with Gasteiger partial charge in [-0.1, -0.05) is 45.6 Å². The summed E-state index contributed by atoms with van der Waals surface area (Å²) in [5.74, 6) is 1.30. The molecular formula is C21H29F5O2S. The molecule has 1 aromatic carbocycles. The van der Waals surface area contributed by atoms with E-state index in [0.717, 1.165) is 36.8 Å². The average molecular weight is 441 g/mol. The number of ether oxygens (including phenoxy) is 1. The van der Waals surface area contributed by atoms with E-state index in [4.69, 9.17) is 4.74 Å². The van der Waals surface area contributed by atoms with Crippen molar-refractivity contribution >= 4 is 16.2 Å². The van der Waals surface area contributed by atoms with Crippen molar-refractivity contribution in [3.63, 3.8) is 0 Å². The Kier molecular flexibility index (Phi) is 5.73. The standard InChI is InChI=1S/C21H29F5O2S/c1-2-15-3-5-16(6-4-15)17-7-9-18(10-8-17)21(27)28-19-11-13-20(14-12-19)29(22,23,24,25)26/h11-18H,2-10H2,1H3. The first-order valence-corrected chi connectivity index (χ1v) is 12.4. The minimum atomic E-state index is -9.71. The van der Waals surface area contributed by atoms with Crippen LogP contribution >= 0.6 is 10.2 Å². The predicted octanol–water partition coefficient (Wildman–Crippen LogP) is 8.27. The first-order chi connectivity index (χ1) is 13.4. The van der Waals surface area contributed by atoms with E-state index >= 15 is 0 Å². The van der Waals surface area contributed by atoms with E-state index in [0.29, 0.717) is 18.8 Å². The molecule has 3 rings (SSSR count). The number of carbonyl (C=O) groups excluding carboxylic acids is 1. The Balaban J connectivity index is 1.50. The zero-order valence-electron chi connectivity index (χ0n) is 16.6. The van der Waals surface area contributed by atoms with Crippen molar-refractivity contribution in [3.8, 4) is 5.75 Å². The van der Waals surface area contributed by atoms with Gasteiger partial charge in [0.25, 0.3) is 0 Å². The molecular weight excluding hydrogens is 411 g/mol. The Bertz CT molecular complexity index is 716. The van der Waals surface area contributed by atoms with E-state index in [1.807, 2.05) is 0 Å². The van der Waals surface area contributed by atoms with E-state index in [-0.39, 0.29) is 23.8 Å². The summed E-state index contributed by atoms with van der Waals surface area (Å²) in [5.41, 5.74) is 0. The first kappa shape index (κ1) is 22.4. The van der Waals surface area contributed by atoms with E-state index in [2.05, 4.69) is 6.92 Å². The number of benzene rings is 1. The van der Waals surface area contributed by atoms with E-state index in [1.54, 1.807) is 0 Å².